The first-order valence-electron chi connectivity index (χ1n) is 4.85. The molecular weight excluding hydrogens is 211 g/mol. The number of amides is 1. The third-order valence-electron chi connectivity index (χ3n) is 2.34. The molecule has 1 amide bonds. The topological polar surface area (TPSA) is 29.5 Å². The quantitative estimate of drug-likeness (QED) is 0.714. The van der Waals surface area contributed by atoms with Crippen molar-refractivity contribution in [3.63, 3.8) is 0 Å². The number of likely N-dealkylation sites (N-methyl/N-ethyl adjacent to an activating group) is 1. The van der Waals surface area contributed by atoms with Crippen molar-refractivity contribution in [1.29, 1.82) is 0 Å². The molecule has 1 aliphatic heterocycles. The predicted octanol–water partition coefficient (Wildman–Crippen LogP) is 1.58. The van der Waals surface area contributed by atoms with Crippen molar-refractivity contribution < 1.29 is 22.7 Å². The van der Waals surface area contributed by atoms with Gasteiger partial charge in [-0.15, -0.1) is 0 Å². The average molecular weight is 225 g/mol. The highest BCUT2D eigenvalue weighted by Gasteiger charge is 2.41. The van der Waals surface area contributed by atoms with Crippen molar-refractivity contribution >= 4 is 5.91 Å². The fourth-order valence-corrected chi connectivity index (χ4v) is 1.56. The maximum atomic E-state index is 12.0. The summed E-state index contributed by atoms with van der Waals surface area (Å²) in [7, 11) is 1.15. The molecule has 1 atom stereocenters. The van der Waals surface area contributed by atoms with Gasteiger partial charge in [0.05, 0.1) is 6.10 Å². The minimum atomic E-state index is -4.79. The van der Waals surface area contributed by atoms with E-state index in [4.69, 9.17) is 4.74 Å². The van der Waals surface area contributed by atoms with Crippen LogP contribution < -0.4 is 0 Å². The lowest BCUT2D eigenvalue weighted by molar-refractivity contribution is -0.185. The first-order chi connectivity index (χ1) is 6.91. The minimum absolute atomic E-state index is 0.0122. The van der Waals surface area contributed by atoms with Gasteiger partial charge in [0, 0.05) is 20.2 Å². The molecule has 0 aromatic carbocycles. The Morgan fingerprint density at radius 3 is 2.60 bits per heavy atom. The number of hydrogen-bond acceptors (Lipinski definition) is 2. The summed E-state index contributed by atoms with van der Waals surface area (Å²) in [5, 5.41) is 0. The first kappa shape index (κ1) is 12.3. The van der Waals surface area contributed by atoms with Crippen molar-refractivity contribution in [3.05, 3.63) is 0 Å². The molecule has 3 nitrogen and oxygen atoms in total. The fourth-order valence-electron chi connectivity index (χ4n) is 1.56. The van der Waals surface area contributed by atoms with Gasteiger partial charge >= 0.3 is 12.1 Å². The second-order valence-electron chi connectivity index (χ2n) is 3.67. The van der Waals surface area contributed by atoms with Crippen molar-refractivity contribution in [2.24, 2.45) is 0 Å². The number of rotatable bonds is 2. The summed E-state index contributed by atoms with van der Waals surface area (Å²) in [5.41, 5.74) is 0. The van der Waals surface area contributed by atoms with E-state index < -0.39 is 12.1 Å². The van der Waals surface area contributed by atoms with E-state index in [1.807, 2.05) is 0 Å². The van der Waals surface area contributed by atoms with E-state index in [0.29, 0.717) is 11.5 Å². The Kier molecular flexibility index (Phi) is 3.96. The summed E-state index contributed by atoms with van der Waals surface area (Å²) in [6.07, 6.45) is -2.44. The summed E-state index contributed by atoms with van der Waals surface area (Å²) < 4.78 is 41.3. The SMILES string of the molecule is CN(CC1CCCCO1)C(=O)C(F)(F)F. The molecule has 1 aliphatic rings. The van der Waals surface area contributed by atoms with Crippen molar-refractivity contribution in [2.75, 3.05) is 20.2 Å². The average Bonchev–Trinajstić information content (AvgIpc) is 2.16. The van der Waals surface area contributed by atoms with E-state index in [9.17, 15) is 18.0 Å². The molecule has 0 aromatic rings. The van der Waals surface area contributed by atoms with E-state index >= 15 is 0 Å². The minimum Gasteiger partial charge on any atom is -0.376 e. The van der Waals surface area contributed by atoms with Crippen LogP contribution in [0.25, 0.3) is 0 Å². The maximum absolute atomic E-state index is 12.0. The molecule has 15 heavy (non-hydrogen) atoms. The molecule has 0 saturated carbocycles. The second kappa shape index (κ2) is 4.83. The number of hydrogen-bond donors (Lipinski definition) is 0. The predicted molar refractivity (Wildman–Crippen MR) is 47.3 cm³/mol. The Balaban J connectivity index is 2.40. The normalized spacial score (nSPS) is 22.5. The maximum Gasteiger partial charge on any atom is 0.471 e. The van der Waals surface area contributed by atoms with Crippen LogP contribution in [0.2, 0.25) is 0 Å². The number of halogens is 3. The fraction of sp³-hybridized carbons (Fsp3) is 0.889. The van der Waals surface area contributed by atoms with Gasteiger partial charge in [0.2, 0.25) is 0 Å². The summed E-state index contributed by atoms with van der Waals surface area (Å²) >= 11 is 0. The van der Waals surface area contributed by atoms with Gasteiger partial charge < -0.3 is 9.64 Å². The molecule has 0 spiro atoms. The van der Waals surface area contributed by atoms with E-state index in [0.717, 1.165) is 26.3 Å². The number of nitrogens with zero attached hydrogens (tertiary/aromatic N) is 1. The standard InChI is InChI=1S/C9H14F3NO2/c1-13(8(14)9(10,11)12)6-7-4-2-3-5-15-7/h7H,2-6H2,1H3. The molecule has 0 aromatic heterocycles. The second-order valence-corrected chi connectivity index (χ2v) is 3.67. The third-order valence-corrected chi connectivity index (χ3v) is 2.34. The van der Waals surface area contributed by atoms with Crippen LogP contribution in [0.5, 0.6) is 0 Å². The van der Waals surface area contributed by atoms with E-state index in [2.05, 4.69) is 0 Å². The van der Waals surface area contributed by atoms with E-state index in [-0.39, 0.29) is 12.6 Å². The highest BCUT2D eigenvalue weighted by Crippen LogP contribution is 2.19. The van der Waals surface area contributed by atoms with Crippen LogP contribution in [0.3, 0.4) is 0 Å². The molecule has 0 aliphatic carbocycles. The van der Waals surface area contributed by atoms with Crippen LogP contribution in [0, 0.1) is 0 Å². The van der Waals surface area contributed by atoms with Gasteiger partial charge in [-0.3, -0.25) is 4.79 Å². The highest BCUT2D eigenvalue weighted by atomic mass is 19.4. The molecule has 1 heterocycles. The van der Waals surface area contributed by atoms with Gasteiger partial charge in [0.1, 0.15) is 0 Å². The van der Waals surface area contributed by atoms with Gasteiger partial charge in [-0.1, -0.05) is 0 Å². The third kappa shape index (κ3) is 3.70. The molecule has 1 rings (SSSR count). The number of alkyl halides is 3. The zero-order valence-corrected chi connectivity index (χ0v) is 8.51. The Labute approximate surface area is 86.2 Å². The number of ether oxygens (including phenoxy) is 1. The molecule has 0 radical (unpaired) electrons. The lowest BCUT2D eigenvalue weighted by atomic mass is 10.1. The molecule has 1 saturated heterocycles. The van der Waals surface area contributed by atoms with Crippen LogP contribution in [0.1, 0.15) is 19.3 Å². The summed E-state index contributed by atoms with van der Waals surface area (Å²) in [4.78, 5) is 11.5. The van der Waals surface area contributed by atoms with E-state index in [1.54, 1.807) is 0 Å². The molecular formula is C9H14F3NO2. The molecule has 88 valence electrons. The van der Waals surface area contributed by atoms with Gasteiger partial charge in [0.15, 0.2) is 0 Å². The molecule has 1 fully saturated rings. The van der Waals surface area contributed by atoms with E-state index in [1.165, 1.54) is 0 Å². The molecule has 6 heteroatoms. The van der Waals surface area contributed by atoms with Crippen LogP contribution in [0.15, 0.2) is 0 Å². The van der Waals surface area contributed by atoms with Gasteiger partial charge in [-0.05, 0) is 19.3 Å². The largest absolute Gasteiger partial charge is 0.471 e. The van der Waals surface area contributed by atoms with Crippen LogP contribution in [-0.2, 0) is 9.53 Å². The number of carbonyl (C=O) groups excluding carboxylic acids is 1. The summed E-state index contributed by atoms with van der Waals surface area (Å²) in [5.74, 6) is -1.81. The van der Waals surface area contributed by atoms with Crippen molar-refractivity contribution in [3.8, 4) is 0 Å². The van der Waals surface area contributed by atoms with Crippen molar-refractivity contribution in [1.82, 2.24) is 4.90 Å². The lowest BCUT2D eigenvalue weighted by Crippen LogP contribution is -2.43. The summed E-state index contributed by atoms with van der Waals surface area (Å²) in [6, 6.07) is 0. The Morgan fingerprint density at radius 1 is 1.47 bits per heavy atom. The summed E-state index contributed by atoms with van der Waals surface area (Å²) in [6.45, 7) is 0.580. The zero-order chi connectivity index (χ0) is 11.5. The van der Waals surface area contributed by atoms with Gasteiger partial charge in [-0.25, -0.2) is 0 Å². The lowest BCUT2D eigenvalue weighted by Gasteiger charge is -2.27. The first-order valence-corrected chi connectivity index (χ1v) is 4.85. The molecule has 0 N–H and O–H groups in total. The molecule has 1 unspecified atom stereocenters. The van der Waals surface area contributed by atoms with Crippen LogP contribution >= 0.6 is 0 Å². The highest BCUT2D eigenvalue weighted by molar-refractivity contribution is 5.81. The Hall–Kier alpha value is -0.780. The smallest absolute Gasteiger partial charge is 0.376 e. The van der Waals surface area contributed by atoms with Gasteiger partial charge in [-0.2, -0.15) is 13.2 Å². The van der Waals surface area contributed by atoms with Gasteiger partial charge in [0.25, 0.3) is 0 Å². The number of carbonyl (C=O) groups is 1. The zero-order valence-electron chi connectivity index (χ0n) is 8.51. The van der Waals surface area contributed by atoms with Crippen LogP contribution in [0.4, 0.5) is 13.2 Å². The van der Waals surface area contributed by atoms with Crippen molar-refractivity contribution in [2.45, 2.75) is 31.5 Å². The van der Waals surface area contributed by atoms with Crippen LogP contribution in [-0.4, -0.2) is 43.3 Å². The Morgan fingerprint density at radius 2 is 2.13 bits per heavy atom. The molecule has 0 bridgehead atoms. The monoisotopic (exact) mass is 225 g/mol. The Bertz CT molecular complexity index is 224.